The minimum absolute atomic E-state index is 0.352. The average molecular weight is 327 g/mol. The van der Waals surface area contributed by atoms with Gasteiger partial charge in [-0.25, -0.2) is 4.79 Å². The summed E-state index contributed by atoms with van der Waals surface area (Å²) in [6, 6.07) is 5.81. The molecule has 1 saturated heterocycles. The predicted octanol–water partition coefficient (Wildman–Crippen LogP) is 2.68. The van der Waals surface area contributed by atoms with E-state index in [9.17, 15) is 9.90 Å². The summed E-state index contributed by atoms with van der Waals surface area (Å²) in [5, 5.41) is 9.33. The van der Waals surface area contributed by atoms with Gasteiger partial charge >= 0.3 is 5.97 Å². The van der Waals surface area contributed by atoms with Gasteiger partial charge in [0.15, 0.2) is 0 Å². The quantitative estimate of drug-likeness (QED) is 0.927. The summed E-state index contributed by atoms with van der Waals surface area (Å²) in [5.74, 6) is -0.882. The van der Waals surface area contributed by atoms with Gasteiger partial charge in [-0.05, 0) is 44.6 Å². The van der Waals surface area contributed by atoms with Crippen molar-refractivity contribution < 1.29 is 9.90 Å². The molecule has 1 aromatic carbocycles. The highest BCUT2D eigenvalue weighted by molar-refractivity contribution is 9.10. The number of hydrogen-bond acceptors (Lipinski definition) is 3. The van der Waals surface area contributed by atoms with Gasteiger partial charge in [-0.2, -0.15) is 0 Å². The summed E-state index contributed by atoms with van der Waals surface area (Å²) < 4.78 is 0.794. The largest absolute Gasteiger partial charge is 0.478 e. The molecule has 1 unspecified atom stereocenters. The number of carbonyl (C=O) groups is 1. The Labute approximate surface area is 122 Å². The van der Waals surface area contributed by atoms with Crippen molar-refractivity contribution in [2.45, 2.75) is 18.9 Å². The second-order valence-electron chi connectivity index (χ2n) is 5.14. The highest BCUT2D eigenvalue weighted by atomic mass is 79.9. The molecule has 1 aromatic rings. The highest BCUT2D eigenvalue weighted by Gasteiger charge is 2.24. The average Bonchev–Trinajstić information content (AvgIpc) is 2.37. The van der Waals surface area contributed by atoms with Crippen LogP contribution in [0.15, 0.2) is 22.7 Å². The van der Waals surface area contributed by atoms with Crippen molar-refractivity contribution in [1.82, 2.24) is 4.90 Å². The normalized spacial score (nSPS) is 20.3. The minimum Gasteiger partial charge on any atom is -0.478 e. The fourth-order valence-electron chi connectivity index (χ4n) is 2.64. The first-order chi connectivity index (χ1) is 8.99. The first kappa shape index (κ1) is 14.3. The summed E-state index contributed by atoms with van der Waals surface area (Å²) in [5.41, 5.74) is 1.14. The Kier molecular flexibility index (Phi) is 4.47. The Morgan fingerprint density at radius 2 is 2.26 bits per heavy atom. The van der Waals surface area contributed by atoms with Crippen LogP contribution >= 0.6 is 15.9 Å². The van der Waals surface area contributed by atoms with E-state index < -0.39 is 5.97 Å². The molecule has 4 nitrogen and oxygen atoms in total. The molecule has 2 rings (SSSR count). The van der Waals surface area contributed by atoms with E-state index >= 15 is 0 Å². The third kappa shape index (κ3) is 3.28. The zero-order valence-corrected chi connectivity index (χ0v) is 12.9. The Bertz CT molecular complexity index is 479. The number of piperidine rings is 1. The molecule has 0 aliphatic carbocycles. The molecule has 1 N–H and O–H groups in total. The molecule has 104 valence electrons. The Hall–Kier alpha value is -1.07. The van der Waals surface area contributed by atoms with Crippen LogP contribution in [0.25, 0.3) is 0 Å². The molecule has 5 heteroatoms. The summed E-state index contributed by atoms with van der Waals surface area (Å²) in [6.07, 6.45) is 2.26. The van der Waals surface area contributed by atoms with Crippen LogP contribution in [0.3, 0.4) is 0 Å². The number of aromatic carboxylic acids is 1. The third-order valence-corrected chi connectivity index (χ3v) is 4.21. The van der Waals surface area contributed by atoms with E-state index in [-0.39, 0.29) is 0 Å². The van der Waals surface area contributed by atoms with Crippen molar-refractivity contribution in [2.75, 3.05) is 32.1 Å². The molecule has 1 heterocycles. The van der Waals surface area contributed by atoms with E-state index in [2.05, 4.69) is 32.8 Å². The van der Waals surface area contributed by atoms with E-state index in [1.165, 1.54) is 0 Å². The third-order valence-electron chi connectivity index (χ3n) is 3.72. The molecular weight excluding hydrogens is 308 g/mol. The fourth-order valence-corrected chi connectivity index (χ4v) is 3.00. The number of likely N-dealkylation sites (N-methyl/N-ethyl adjacent to an activating group) is 2. The van der Waals surface area contributed by atoms with Gasteiger partial charge in [-0.1, -0.05) is 15.9 Å². The van der Waals surface area contributed by atoms with E-state index in [4.69, 9.17) is 0 Å². The lowest BCUT2D eigenvalue weighted by Crippen LogP contribution is -2.45. The Morgan fingerprint density at radius 1 is 1.53 bits per heavy atom. The molecule has 0 spiro atoms. The van der Waals surface area contributed by atoms with Crippen LogP contribution in [-0.2, 0) is 0 Å². The lowest BCUT2D eigenvalue weighted by Gasteiger charge is -2.37. The van der Waals surface area contributed by atoms with Gasteiger partial charge < -0.3 is 14.9 Å². The molecule has 0 saturated carbocycles. The smallest absolute Gasteiger partial charge is 0.337 e. The molecule has 1 aliphatic heterocycles. The fraction of sp³-hybridized carbons (Fsp3) is 0.500. The van der Waals surface area contributed by atoms with Crippen LogP contribution in [-0.4, -0.2) is 49.2 Å². The van der Waals surface area contributed by atoms with Gasteiger partial charge in [0, 0.05) is 24.1 Å². The standard InChI is InChI=1S/C14H19BrN2O2/c1-16-7-3-4-11(9-16)17(2)13-6-5-10(15)8-12(13)14(18)19/h5-6,8,11H,3-4,7,9H2,1-2H3,(H,18,19). The Morgan fingerprint density at radius 3 is 2.89 bits per heavy atom. The van der Waals surface area contributed by atoms with E-state index in [0.717, 1.165) is 36.1 Å². The maximum absolute atomic E-state index is 11.4. The summed E-state index contributed by atoms with van der Waals surface area (Å²) in [4.78, 5) is 15.8. The zero-order chi connectivity index (χ0) is 14.0. The van der Waals surface area contributed by atoms with Gasteiger partial charge in [0.25, 0.3) is 0 Å². The van der Waals surface area contributed by atoms with Gasteiger partial charge in [0.1, 0.15) is 0 Å². The van der Waals surface area contributed by atoms with Crippen LogP contribution in [0.4, 0.5) is 5.69 Å². The molecule has 0 bridgehead atoms. The molecule has 1 aliphatic rings. The molecule has 0 amide bonds. The SMILES string of the molecule is CN1CCCC(N(C)c2ccc(Br)cc2C(=O)O)C1. The van der Waals surface area contributed by atoms with E-state index in [1.54, 1.807) is 6.07 Å². The zero-order valence-electron chi connectivity index (χ0n) is 11.3. The van der Waals surface area contributed by atoms with Crippen LogP contribution < -0.4 is 4.90 Å². The molecule has 1 fully saturated rings. The number of likely N-dealkylation sites (tertiary alicyclic amines) is 1. The predicted molar refractivity (Wildman–Crippen MR) is 80.0 cm³/mol. The maximum atomic E-state index is 11.4. The van der Waals surface area contributed by atoms with Crippen molar-refractivity contribution >= 4 is 27.6 Å². The number of rotatable bonds is 3. The minimum atomic E-state index is -0.882. The molecular formula is C14H19BrN2O2. The number of nitrogens with zero attached hydrogens (tertiary/aromatic N) is 2. The molecule has 0 aromatic heterocycles. The lowest BCUT2D eigenvalue weighted by molar-refractivity contribution is 0.0697. The number of anilines is 1. The van der Waals surface area contributed by atoms with Crippen molar-refractivity contribution in [3.63, 3.8) is 0 Å². The topological polar surface area (TPSA) is 43.8 Å². The van der Waals surface area contributed by atoms with Gasteiger partial charge in [-0.3, -0.25) is 0 Å². The molecule has 19 heavy (non-hydrogen) atoms. The van der Waals surface area contributed by atoms with Crippen LogP contribution in [0.2, 0.25) is 0 Å². The summed E-state index contributed by atoms with van der Waals surface area (Å²) in [6.45, 7) is 2.10. The highest BCUT2D eigenvalue weighted by Crippen LogP contribution is 2.27. The van der Waals surface area contributed by atoms with Gasteiger partial charge in [0.05, 0.1) is 11.3 Å². The summed E-state index contributed by atoms with van der Waals surface area (Å²) in [7, 11) is 4.10. The van der Waals surface area contributed by atoms with Gasteiger partial charge in [0.2, 0.25) is 0 Å². The van der Waals surface area contributed by atoms with Crippen molar-refractivity contribution in [3.05, 3.63) is 28.2 Å². The first-order valence-electron chi connectivity index (χ1n) is 6.43. The van der Waals surface area contributed by atoms with Crippen molar-refractivity contribution in [1.29, 1.82) is 0 Å². The van der Waals surface area contributed by atoms with E-state index in [0.29, 0.717) is 11.6 Å². The second-order valence-corrected chi connectivity index (χ2v) is 6.05. The lowest BCUT2D eigenvalue weighted by atomic mass is 10.0. The van der Waals surface area contributed by atoms with Crippen LogP contribution in [0, 0.1) is 0 Å². The maximum Gasteiger partial charge on any atom is 0.337 e. The first-order valence-corrected chi connectivity index (χ1v) is 7.22. The number of carboxylic acids is 1. The van der Waals surface area contributed by atoms with Crippen LogP contribution in [0.5, 0.6) is 0 Å². The van der Waals surface area contributed by atoms with Crippen molar-refractivity contribution in [2.24, 2.45) is 0 Å². The number of hydrogen-bond donors (Lipinski definition) is 1. The summed E-state index contributed by atoms with van der Waals surface area (Å²) >= 11 is 3.33. The Balaban J connectivity index is 2.27. The van der Waals surface area contributed by atoms with Crippen LogP contribution in [0.1, 0.15) is 23.2 Å². The van der Waals surface area contributed by atoms with Crippen molar-refractivity contribution in [3.8, 4) is 0 Å². The number of carboxylic acid groups (broad SMARTS) is 1. The monoisotopic (exact) mass is 326 g/mol. The van der Waals surface area contributed by atoms with Gasteiger partial charge in [-0.15, -0.1) is 0 Å². The number of halogens is 1. The molecule has 1 atom stereocenters. The molecule has 0 radical (unpaired) electrons. The second kappa shape index (κ2) is 5.92. The van der Waals surface area contributed by atoms with E-state index in [1.807, 2.05) is 19.2 Å². The number of benzene rings is 1.